The van der Waals surface area contributed by atoms with E-state index in [1.165, 1.54) is 11.8 Å². The first-order chi connectivity index (χ1) is 8.46. The van der Waals surface area contributed by atoms with Crippen molar-refractivity contribution in [2.75, 3.05) is 16.4 Å². The maximum Gasteiger partial charge on any atom is 0.153 e. The lowest BCUT2D eigenvalue weighted by Gasteiger charge is -2.24. The van der Waals surface area contributed by atoms with Crippen molar-refractivity contribution in [2.45, 2.75) is 11.3 Å². The SMILES string of the molecule is O=S1(=O)C[C@@H]2SC(=S)N(c3cccc(Br)c3)[C@H]2C1. The zero-order chi connectivity index (χ0) is 12.9. The molecular formula is C11H10BrNO2S3. The summed E-state index contributed by atoms with van der Waals surface area (Å²) in [5.41, 5.74) is 0.964. The third kappa shape index (κ3) is 2.21. The van der Waals surface area contributed by atoms with Gasteiger partial charge in [0.05, 0.1) is 17.5 Å². The number of hydrogen-bond acceptors (Lipinski definition) is 4. The molecule has 0 saturated carbocycles. The Balaban J connectivity index is 1.99. The fourth-order valence-corrected chi connectivity index (χ4v) is 7.16. The van der Waals surface area contributed by atoms with Gasteiger partial charge < -0.3 is 4.90 Å². The summed E-state index contributed by atoms with van der Waals surface area (Å²) in [5, 5.41) is 0.0847. The fourth-order valence-electron chi connectivity index (χ4n) is 2.39. The summed E-state index contributed by atoms with van der Waals surface area (Å²) in [6.07, 6.45) is 0. The molecule has 0 bridgehead atoms. The van der Waals surface area contributed by atoms with E-state index in [9.17, 15) is 8.42 Å². The van der Waals surface area contributed by atoms with Gasteiger partial charge >= 0.3 is 0 Å². The summed E-state index contributed by atoms with van der Waals surface area (Å²) < 4.78 is 25.1. The van der Waals surface area contributed by atoms with E-state index in [1.54, 1.807) is 0 Å². The van der Waals surface area contributed by atoms with Crippen LogP contribution in [-0.4, -0.2) is 35.5 Å². The fraction of sp³-hybridized carbons (Fsp3) is 0.364. The van der Waals surface area contributed by atoms with Crippen molar-refractivity contribution in [2.24, 2.45) is 0 Å². The highest BCUT2D eigenvalue weighted by atomic mass is 79.9. The molecule has 0 radical (unpaired) electrons. The van der Waals surface area contributed by atoms with Gasteiger partial charge in [-0.15, -0.1) is 0 Å². The molecule has 2 heterocycles. The molecule has 1 aromatic rings. The van der Waals surface area contributed by atoms with Gasteiger partial charge in [0.15, 0.2) is 9.84 Å². The summed E-state index contributed by atoms with van der Waals surface area (Å²) in [4.78, 5) is 1.99. The van der Waals surface area contributed by atoms with Crippen LogP contribution in [0.3, 0.4) is 0 Å². The molecule has 2 aliphatic heterocycles. The van der Waals surface area contributed by atoms with E-state index >= 15 is 0 Å². The number of thiocarbonyl (C=S) groups is 1. The van der Waals surface area contributed by atoms with Gasteiger partial charge in [-0.3, -0.25) is 0 Å². The second-order valence-corrected chi connectivity index (χ2v) is 9.36. The van der Waals surface area contributed by atoms with Crippen LogP contribution in [0.5, 0.6) is 0 Å². The van der Waals surface area contributed by atoms with E-state index in [4.69, 9.17) is 12.2 Å². The zero-order valence-corrected chi connectivity index (χ0v) is 13.3. The van der Waals surface area contributed by atoms with E-state index < -0.39 is 9.84 Å². The lowest BCUT2D eigenvalue weighted by molar-refractivity contribution is 0.601. The van der Waals surface area contributed by atoms with Gasteiger partial charge in [0.1, 0.15) is 4.32 Å². The van der Waals surface area contributed by atoms with Crippen molar-refractivity contribution in [3.05, 3.63) is 28.7 Å². The van der Waals surface area contributed by atoms with Gasteiger partial charge in [-0.25, -0.2) is 8.42 Å². The number of hydrogen-bond donors (Lipinski definition) is 0. The molecule has 0 aliphatic carbocycles. The number of halogens is 1. The Kier molecular flexibility index (Phi) is 3.20. The van der Waals surface area contributed by atoms with Crippen LogP contribution in [0.4, 0.5) is 5.69 Å². The summed E-state index contributed by atoms with van der Waals surface area (Å²) in [5.74, 6) is 0.449. The molecule has 18 heavy (non-hydrogen) atoms. The van der Waals surface area contributed by atoms with E-state index in [0.717, 1.165) is 14.5 Å². The first kappa shape index (κ1) is 12.9. The van der Waals surface area contributed by atoms with Crippen molar-refractivity contribution < 1.29 is 8.42 Å². The van der Waals surface area contributed by atoms with Gasteiger partial charge in [0.25, 0.3) is 0 Å². The van der Waals surface area contributed by atoms with E-state index in [0.29, 0.717) is 0 Å². The summed E-state index contributed by atoms with van der Waals surface area (Å²) >= 11 is 10.3. The molecule has 2 atom stereocenters. The Bertz CT molecular complexity index is 616. The van der Waals surface area contributed by atoms with Crippen LogP contribution in [-0.2, 0) is 9.84 Å². The molecule has 3 rings (SSSR count). The minimum Gasteiger partial charge on any atom is -0.322 e. The van der Waals surface area contributed by atoms with Crippen LogP contribution in [0.15, 0.2) is 28.7 Å². The molecule has 1 aromatic carbocycles. The van der Waals surface area contributed by atoms with E-state index in [-0.39, 0.29) is 22.8 Å². The maximum atomic E-state index is 11.7. The van der Waals surface area contributed by atoms with Gasteiger partial charge in [-0.05, 0) is 18.2 Å². The first-order valence-electron chi connectivity index (χ1n) is 5.42. The topological polar surface area (TPSA) is 37.4 Å². The van der Waals surface area contributed by atoms with Crippen LogP contribution in [0.2, 0.25) is 0 Å². The summed E-state index contributed by atoms with van der Waals surface area (Å²) in [6, 6.07) is 7.80. The van der Waals surface area contributed by atoms with Gasteiger partial charge in [-0.2, -0.15) is 0 Å². The monoisotopic (exact) mass is 363 g/mol. The molecule has 2 saturated heterocycles. The highest BCUT2D eigenvalue weighted by Crippen LogP contribution is 2.41. The Morgan fingerprint density at radius 1 is 1.39 bits per heavy atom. The molecule has 0 unspecified atom stereocenters. The number of sulfone groups is 1. The van der Waals surface area contributed by atoms with Crippen molar-refractivity contribution in [3.8, 4) is 0 Å². The summed E-state index contributed by atoms with van der Waals surface area (Å²) in [6.45, 7) is 0. The standard InChI is InChI=1S/C11H10BrNO2S3/c12-7-2-1-3-8(4-7)13-9-5-18(14,15)6-10(9)17-11(13)16/h1-4,9-10H,5-6H2/t9-,10-/m0/s1. The van der Waals surface area contributed by atoms with Gasteiger partial charge in [0, 0.05) is 15.4 Å². The Labute approximate surface area is 124 Å². The third-order valence-corrected chi connectivity index (χ3v) is 7.23. The number of anilines is 1. The molecule has 0 spiro atoms. The summed E-state index contributed by atoms with van der Waals surface area (Å²) in [7, 11) is -2.91. The smallest absolute Gasteiger partial charge is 0.153 e. The van der Waals surface area contributed by atoms with Crippen molar-refractivity contribution in [1.29, 1.82) is 0 Å². The number of fused-ring (bicyclic) bond motifs is 1. The van der Waals surface area contributed by atoms with Gasteiger partial charge in [-0.1, -0.05) is 46.0 Å². The Morgan fingerprint density at radius 2 is 2.17 bits per heavy atom. The second kappa shape index (κ2) is 4.47. The lowest BCUT2D eigenvalue weighted by Crippen LogP contribution is -2.36. The normalized spacial score (nSPS) is 29.6. The highest BCUT2D eigenvalue weighted by molar-refractivity contribution is 9.10. The van der Waals surface area contributed by atoms with E-state index in [1.807, 2.05) is 29.2 Å². The van der Waals surface area contributed by atoms with Crippen LogP contribution in [0.25, 0.3) is 0 Å². The van der Waals surface area contributed by atoms with Crippen LogP contribution in [0.1, 0.15) is 0 Å². The quantitative estimate of drug-likeness (QED) is 0.716. The second-order valence-electron chi connectivity index (χ2n) is 4.42. The molecule has 0 N–H and O–H groups in total. The molecule has 0 amide bonds. The maximum absolute atomic E-state index is 11.7. The molecule has 96 valence electrons. The predicted molar refractivity (Wildman–Crippen MR) is 83.0 cm³/mol. The van der Waals surface area contributed by atoms with E-state index in [2.05, 4.69) is 15.9 Å². The molecule has 7 heteroatoms. The van der Waals surface area contributed by atoms with Crippen LogP contribution < -0.4 is 4.90 Å². The molecule has 0 aromatic heterocycles. The number of thioether (sulfide) groups is 1. The minimum absolute atomic E-state index is 0.0122. The first-order valence-corrected chi connectivity index (χ1v) is 9.32. The Morgan fingerprint density at radius 3 is 2.89 bits per heavy atom. The third-order valence-electron chi connectivity index (χ3n) is 3.14. The molecule has 2 fully saturated rings. The van der Waals surface area contributed by atoms with Crippen molar-refractivity contribution >= 4 is 59.8 Å². The Hall–Kier alpha value is -0.110. The number of benzene rings is 1. The van der Waals surface area contributed by atoms with Crippen molar-refractivity contribution in [1.82, 2.24) is 0 Å². The van der Waals surface area contributed by atoms with Crippen LogP contribution in [0, 0.1) is 0 Å². The lowest BCUT2D eigenvalue weighted by atomic mass is 10.2. The zero-order valence-electron chi connectivity index (χ0n) is 9.24. The minimum atomic E-state index is -2.91. The molecule has 2 aliphatic rings. The number of nitrogens with zero attached hydrogens (tertiary/aromatic N) is 1. The van der Waals surface area contributed by atoms with Gasteiger partial charge in [0.2, 0.25) is 0 Å². The van der Waals surface area contributed by atoms with Crippen LogP contribution >= 0.6 is 39.9 Å². The predicted octanol–water partition coefficient (Wildman–Crippen LogP) is 2.45. The highest BCUT2D eigenvalue weighted by Gasteiger charge is 2.48. The van der Waals surface area contributed by atoms with Crippen molar-refractivity contribution in [3.63, 3.8) is 0 Å². The average molecular weight is 364 g/mol. The largest absolute Gasteiger partial charge is 0.322 e. The number of rotatable bonds is 1. The molecular weight excluding hydrogens is 354 g/mol. The molecule has 3 nitrogen and oxygen atoms in total. The average Bonchev–Trinajstić information content (AvgIpc) is 2.68.